The van der Waals surface area contributed by atoms with E-state index in [1.807, 2.05) is 64.1 Å². The molecule has 0 amide bonds. The second kappa shape index (κ2) is 6.46. The molecule has 0 saturated heterocycles. The van der Waals surface area contributed by atoms with Crippen LogP contribution in [-0.2, 0) is 6.42 Å². The van der Waals surface area contributed by atoms with E-state index >= 15 is 0 Å². The number of aromatic amines is 1. The van der Waals surface area contributed by atoms with Gasteiger partial charge in [-0.25, -0.2) is 9.97 Å². The van der Waals surface area contributed by atoms with Crippen LogP contribution < -0.4 is 5.43 Å². The van der Waals surface area contributed by atoms with E-state index in [1.165, 1.54) is 0 Å². The zero-order chi connectivity index (χ0) is 19.1. The Bertz CT molecular complexity index is 1180. The molecule has 0 spiro atoms. The van der Waals surface area contributed by atoms with Gasteiger partial charge in [0.25, 0.3) is 5.95 Å². The second-order valence-corrected chi connectivity index (χ2v) is 6.89. The van der Waals surface area contributed by atoms with Gasteiger partial charge in [-0.2, -0.15) is 9.78 Å². The van der Waals surface area contributed by atoms with Gasteiger partial charge >= 0.3 is 0 Å². The van der Waals surface area contributed by atoms with Crippen LogP contribution in [0.25, 0.3) is 17.0 Å². The number of fused-ring (bicyclic) bond motifs is 1. The van der Waals surface area contributed by atoms with Crippen molar-refractivity contribution in [1.29, 1.82) is 0 Å². The van der Waals surface area contributed by atoms with Gasteiger partial charge in [-0.3, -0.25) is 4.79 Å². The summed E-state index contributed by atoms with van der Waals surface area (Å²) >= 11 is 0. The Balaban J connectivity index is 1.92. The van der Waals surface area contributed by atoms with Crippen LogP contribution in [0.2, 0.25) is 0 Å². The Hall–Kier alpha value is -3.28. The first kappa shape index (κ1) is 17.1. The monoisotopic (exact) mass is 359 g/mol. The number of hydrogen-bond acceptors (Lipinski definition) is 4. The van der Waals surface area contributed by atoms with Crippen molar-refractivity contribution in [3.8, 4) is 5.95 Å². The Labute approximate surface area is 156 Å². The molecule has 1 aromatic carbocycles. The van der Waals surface area contributed by atoms with Crippen molar-refractivity contribution >= 4 is 11.0 Å². The lowest BCUT2D eigenvalue weighted by atomic mass is 10.0. The predicted octanol–water partition coefficient (Wildman–Crippen LogP) is 3.33. The molecule has 3 aromatic heterocycles. The minimum Gasteiger partial charge on any atom is -0.343 e. The summed E-state index contributed by atoms with van der Waals surface area (Å²) in [5.41, 5.74) is 5.74. The highest BCUT2D eigenvalue weighted by molar-refractivity contribution is 5.80. The molecule has 0 aliphatic carbocycles. The summed E-state index contributed by atoms with van der Waals surface area (Å²) in [6, 6.07) is 11.9. The molecule has 27 heavy (non-hydrogen) atoms. The number of hydrogen-bond donors (Lipinski definition) is 1. The number of benzene rings is 1. The van der Waals surface area contributed by atoms with Gasteiger partial charge in [0.05, 0.1) is 11.1 Å². The second-order valence-electron chi connectivity index (χ2n) is 6.89. The number of aryl methyl sites for hydroxylation is 4. The standard InChI is InChI=1S/C21H21N5O/c1-12-10-13(2)23-21(22-12)26-20-18(15(4)25-26)19(27)17(14(3)24-20)11-16-8-6-5-7-9-16/h5-10H,11H2,1-4H3,(H,24,27). The van der Waals surface area contributed by atoms with Crippen molar-refractivity contribution in [3.63, 3.8) is 0 Å². The third-order valence-corrected chi connectivity index (χ3v) is 4.70. The smallest absolute Gasteiger partial charge is 0.252 e. The zero-order valence-corrected chi connectivity index (χ0v) is 15.9. The first-order valence-corrected chi connectivity index (χ1v) is 8.91. The van der Waals surface area contributed by atoms with E-state index in [-0.39, 0.29) is 5.43 Å². The number of nitrogens with zero attached hydrogens (tertiary/aromatic N) is 4. The van der Waals surface area contributed by atoms with Crippen molar-refractivity contribution in [2.45, 2.75) is 34.1 Å². The molecule has 0 saturated carbocycles. The largest absolute Gasteiger partial charge is 0.343 e. The molecule has 1 N–H and O–H groups in total. The maximum Gasteiger partial charge on any atom is 0.252 e. The maximum absolute atomic E-state index is 13.2. The van der Waals surface area contributed by atoms with Crippen molar-refractivity contribution < 1.29 is 0 Å². The van der Waals surface area contributed by atoms with Crippen LogP contribution >= 0.6 is 0 Å². The highest BCUT2D eigenvalue weighted by Crippen LogP contribution is 2.19. The van der Waals surface area contributed by atoms with Gasteiger partial charge in [-0.05, 0) is 39.3 Å². The van der Waals surface area contributed by atoms with Crippen LogP contribution in [0.15, 0.2) is 41.2 Å². The highest BCUT2D eigenvalue weighted by Gasteiger charge is 2.19. The Morgan fingerprint density at radius 3 is 2.33 bits per heavy atom. The molecular formula is C21H21N5O. The first-order valence-electron chi connectivity index (χ1n) is 8.91. The number of H-pyrrole nitrogens is 1. The summed E-state index contributed by atoms with van der Waals surface area (Å²) in [4.78, 5) is 25.6. The van der Waals surface area contributed by atoms with Crippen molar-refractivity contribution in [1.82, 2.24) is 24.7 Å². The van der Waals surface area contributed by atoms with Gasteiger partial charge in [-0.1, -0.05) is 30.3 Å². The van der Waals surface area contributed by atoms with Crippen molar-refractivity contribution in [2.75, 3.05) is 0 Å². The number of aromatic nitrogens is 5. The van der Waals surface area contributed by atoms with Gasteiger partial charge in [0, 0.05) is 29.1 Å². The van der Waals surface area contributed by atoms with Crippen molar-refractivity contribution in [3.05, 3.63) is 80.5 Å². The van der Waals surface area contributed by atoms with E-state index < -0.39 is 0 Å². The highest BCUT2D eigenvalue weighted by atomic mass is 16.1. The minimum atomic E-state index is 0.0122. The van der Waals surface area contributed by atoms with Crippen LogP contribution in [0.5, 0.6) is 0 Å². The molecule has 0 atom stereocenters. The molecule has 4 rings (SSSR count). The van der Waals surface area contributed by atoms with Crippen LogP contribution in [0.4, 0.5) is 0 Å². The Morgan fingerprint density at radius 1 is 1.00 bits per heavy atom. The zero-order valence-electron chi connectivity index (χ0n) is 15.9. The van der Waals surface area contributed by atoms with Crippen molar-refractivity contribution in [2.24, 2.45) is 0 Å². The van der Waals surface area contributed by atoms with Gasteiger partial charge in [-0.15, -0.1) is 0 Å². The predicted molar refractivity (Wildman–Crippen MR) is 105 cm³/mol. The lowest BCUT2D eigenvalue weighted by Crippen LogP contribution is -2.15. The molecule has 3 heterocycles. The van der Waals surface area contributed by atoms with E-state index in [0.717, 1.165) is 28.2 Å². The Morgan fingerprint density at radius 2 is 1.67 bits per heavy atom. The number of pyridine rings is 1. The molecule has 6 heteroatoms. The number of nitrogens with one attached hydrogen (secondary N) is 1. The molecule has 0 unspecified atom stereocenters. The molecule has 0 radical (unpaired) electrons. The third-order valence-electron chi connectivity index (χ3n) is 4.70. The summed E-state index contributed by atoms with van der Waals surface area (Å²) < 4.78 is 1.63. The number of rotatable bonds is 3. The topological polar surface area (TPSA) is 76.5 Å². The fourth-order valence-corrected chi connectivity index (χ4v) is 3.45. The summed E-state index contributed by atoms with van der Waals surface area (Å²) in [5, 5.41) is 5.14. The average Bonchev–Trinajstić information content (AvgIpc) is 2.95. The minimum absolute atomic E-state index is 0.0122. The van der Waals surface area contributed by atoms with Crippen LogP contribution in [0, 0.1) is 27.7 Å². The first-order chi connectivity index (χ1) is 12.9. The SMILES string of the molecule is Cc1cc(C)nc(-n2nc(C)c3c(=O)c(Cc4ccccc4)c(C)[nH]c32)n1. The van der Waals surface area contributed by atoms with Gasteiger partial charge < -0.3 is 4.98 Å². The normalized spacial score (nSPS) is 11.3. The van der Waals surface area contributed by atoms with E-state index in [9.17, 15) is 4.79 Å². The summed E-state index contributed by atoms with van der Waals surface area (Å²) in [6.07, 6.45) is 0.586. The molecule has 6 nitrogen and oxygen atoms in total. The molecule has 4 aromatic rings. The summed E-state index contributed by atoms with van der Waals surface area (Å²) in [5.74, 6) is 0.469. The van der Waals surface area contributed by atoms with E-state index in [4.69, 9.17) is 0 Å². The third kappa shape index (κ3) is 3.03. The van der Waals surface area contributed by atoms with Crippen LogP contribution in [0.1, 0.15) is 33.9 Å². The molecular weight excluding hydrogens is 338 g/mol. The quantitative estimate of drug-likeness (QED) is 0.609. The Kier molecular flexibility index (Phi) is 4.11. The van der Waals surface area contributed by atoms with E-state index in [2.05, 4.69) is 20.1 Å². The molecule has 0 aliphatic heterocycles. The summed E-state index contributed by atoms with van der Waals surface area (Å²) in [6.45, 7) is 7.61. The van der Waals surface area contributed by atoms with Crippen LogP contribution in [-0.4, -0.2) is 24.7 Å². The average molecular weight is 359 g/mol. The summed E-state index contributed by atoms with van der Waals surface area (Å²) in [7, 11) is 0. The van der Waals surface area contributed by atoms with Gasteiger partial charge in [0.1, 0.15) is 5.65 Å². The van der Waals surface area contributed by atoms with E-state index in [0.29, 0.717) is 29.1 Å². The molecule has 0 aliphatic rings. The fourth-order valence-electron chi connectivity index (χ4n) is 3.45. The van der Waals surface area contributed by atoms with E-state index in [1.54, 1.807) is 4.68 Å². The molecule has 0 bridgehead atoms. The lowest BCUT2D eigenvalue weighted by molar-refractivity contribution is 0.795. The fraction of sp³-hybridized carbons (Fsp3) is 0.238. The van der Waals surface area contributed by atoms with Gasteiger partial charge in [0.2, 0.25) is 0 Å². The van der Waals surface area contributed by atoms with Crippen LogP contribution in [0.3, 0.4) is 0 Å². The molecule has 0 fully saturated rings. The lowest BCUT2D eigenvalue weighted by Gasteiger charge is -2.08. The molecule has 136 valence electrons. The van der Waals surface area contributed by atoms with Gasteiger partial charge in [0.15, 0.2) is 5.43 Å². The maximum atomic E-state index is 13.2.